The molecule has 136 valence electrons. The number of esters is 2. The van der Waals surface area contributed by atoms with Gasteiger partial charge in [-0.05, 0) is 47.9 Å². The van der Waals surface area contributed by atoms with Gasteiger partial charge < -0.3 is 14.2 Å². The lowest BCUT2D eigenvalue weighted by Gasteiger charge is -2.10. The van der Waals surface area contributed by atoms with Crippen LogP contribution in [0.15, 0.2) is 48.5 Å². The van der Waals surface area contributed by atoms with Gasteiger partial charge in [0.05, 0.1) is 14.2 Å². The first-order valence-corrected chi connectivity index (χ1v) is 8.29. The molecule has 0 N–H and O–H groups in total. The van der Waals surface area contributed by atoms with Crippen molar-refractivity contribution in [1.82, 2.24) is 0 Å². The van der Waals surface area contributed by atoms with Gasteiger partial charge in [0, 0.05) is 17.5 Å². The van der Waals surface area contributed by atoms with Crippen molar-refractivity contribution in [2.45, 2.75) is 12.8 Å². The molecule has 0 spiro atoms. The van der Waals surface area contributed by atoms with Gasteiger partial charge in [-0.15, -0.1) is 0 Å². The van der Waals surface area contributed by atoms with Crippen LogP contribution in [0.1, 0.15) is 17.5 Å². The molecule has 26 heavy (non-hydrogen) atoms. The van der Waals surface area contributed by atoms with Gasteiger partial charge in [-0.2, -0.15) is 0 Å². The van der Waals surface area contributed by atoms with Crippen LogP contribution in [0, 0.1) is 0 Å². The SMILES string of the molecule is COC(=O)/C=C/c1ccc(OC(=O)CCc2ccc(Cl)cc2)c(OC)c1. The molecule has 0 fully saturated rings. The summed E-state index contributed by atoms with van der Waals surface area (Å²) >= 11 is 5.84. The normalized spacial score (nSPS) is 10.6. The molecular formula is C20H19ClO5. The summed E-state index contributed by atoms with van der Waals surface area (Å²) in [7, 11) is 2.79. The lowest BCUT2D eigenvalue weighted by atomic mass is 10.1. The Morgan fingerprint density at radius 3 is 2.42 bits per heavy atom. The Hall–Kier alpha value is -2.79. The van der Waals surface area contributed by atoms with Crippen LogP contribution in [0.4, 0.5) is 0 Å². The third kappa shape index (κ3) is 5.93. The van der Waals surface area contributed by atoms with Gasteiger partial charge in [0.15, 0.2) is 11.5 Å². The van der Waals surface area contributed by atoms with Crippen LogP contribution in [-0.4, -0.2) is 26.2 Å². The van der Waals surface area contributed by atoms with Crippen molar-refractivity contribution in [1.29, 1.82) is 0 Å². The molecule has 0 aliphatic rings. The van der Waals surface area contributed by atoms with E-state index in [0.29, 0.717) is 28.5 Å². The molecular weight excluding hydrogens is 356 g/mol. The summed E-state index contributed by atoms with van der Waals surface area (Å²) in [6.45, 7) is 0. The highest BCUT2D eigenvalue weighted by Crippen LogP contribution is 2.29. The Bertz CT molecular complexity index is 796. The standard InChI is InChI=1S/C20H19ClO5/c1-24-18-13-15(7-11-19(22)25-2)5-10-17(18)26-20(23)12-6-14-3-8-16(21)9-4-14/h3-5,7-11,13H,6,12H2,1-2H3/b11-7+. The zero-order valence-electron chi connectivity index (χ0n) is 14.5. The van der Waals surface area contributed by atoms with E-state index in [2.05, 4.69) is 4.74 Å². The van der Waals surface area contributed by atoms with Crippen LogP contribution in [-0.2, 0) is 20.7 Å². The Kier molecular flexibility index (Phi) is 7.24. The second-order valence-electron chi connectivity index (χ2n) is 5.37. The molecule has 0 aliphatic carbocycles. The minimum absolute atomic E-state index is 0.231. The molecule has 0 atom stereocenters. The molecule has 2 aromatic carbocycles. The third-order valence-corrected chi connectivity index (χ3v) is 3.81. The first kappa shape index (κ1) is 19.5. The highest BCUT2D eigenvalue weighted by Gasteiger charge is 2.11. The van der Waals surface area contributed by atoms with Crippen molar-refractivity contribution in [3.8, 4) is 11.5 Å². The maximum Gasteiger partial charge on any atom is 0.330 e. The average molecular weight is 375 g/mol. The number of rotatable bonds is 7. The number of carbonyl (C=O) groups excluding carboxylic acids is 2. The van der Waals surface area contributed by atoms with Crippen LogP contribution in [0.3, 0.4) is 0 Å². The van der Waals surface area contributed by atoms with Crippen molar-refractivity contribution >= 4 is 29.6 Å². The van der Waals surface area contributed by atoms with Gasteiger partial charge in [0.25, 0.3) is 0 Å². The monoisotopic (exact) mass is 374 g/mol. The number of benzene rings is 2. The van der Waals surface area contributed by atoms with E-state index in [4.69, 9.17) is 21.1 Å². The molecule has 0 heterocycles. The molecule has 5 nitrogen and oxygen atoms in total. The van der Waals surface area contributed by atoms with Crippen LogP contribution in [0.5, 0.6) is 11.5 Å². The number of ether oxygens (including phenoxy) is 3. The maximum absolute atomic E-state index is 12.1. The first-order chi connectivity index (χ1) is 12.5. The van der Waals surface area contributed by atoms with Crippen LogP contribution >= 0.6 is 11.6 Å². The van der Waals surface area contributed by atoms with Crippen molar-refractivity contribution in [3.63, 3.8) is 0 Å². The average Bonchev–Trinajstić information content (AvgIpc) is 2.66. The predicted octanol–water partition coefficient (Wildman–Crippen LogP) is 4.07. The van der Waals surface area contributed by atoms with E-state index >= 15 is 0 Å². The molecule has 0 aromatic heterocycles. The molecule has 2 aromatic rings. The fourth-order valence-corrected chi connectivity index (χ4v) is 2.30. The Balaban J connectivity index is 1.99. The number of hydrogen-bond donors (Lipinski definition) is 0. The molecule has 0 bridgehead atoms. The summed E-state index contributed by atoms with van der Waals surface area (Å²) in [4.78, 5) is 23.2. The number of aryl methyl sites for hydroxylation is 1. The van der Waals surface area contributed by atoms with E-state index in [9.17, 15) is 9.59 Å². The topological polar surface area (TPSA) is 61.8 Å². The highest BCUT2D eigenvalue weighted by molar-refractivity contribution is 6.30. The number of carbonyl (C=O) groups is 2. The van der Waals surface area contributed by atoms with Crippen LogP contribution in [0.25, 0.3) is 6.08 Å². The summed E-state index contributed by atoms with van der Waals surface area (Å²) in [5.74, 6) is -0.0987. The molecule has 0 saturated heterocycles. The fourth-order valence-electron chi connectivity index (χ4n) is 2.18. The summed E-state index contributed by atoms with van der Waals surface area (Å²) < 4.78 is 15.2. The van der Waals surface area contributed by atoms with E-state index < -0.39 is 5.97 Å². The fraction of sp³-hybridized carbons (Fsp3) is 0.200. The highest BCUT2D eigenvalue weighted by atomic mass is 35.5. The van der Waals surface area contributed by atoms with Gasteiger partial charge in [0.1, 0.15) is 0 Å². The first-order valence-electron chi connectivity index (χ1n) is 7.91. The Labute approximate surface area is 157 Å². The molecule has 0 unspecified atom stereocenters. The molecule has 0 amide bonds. The quantitative estimate of drug-likeness (QED) is 0.415. The number of halogens is 1. The van der Waals surface area contributed by atoms with E-state index in [-0.39, 0.29) is 12.4 Å². The predicted molar refractivity (Wildman–Crippen MR) is 99.5 cm³/mol. The second-order valence-corrected chi connectivity index (χ2v) is 5.80. The Morgan fingerprint density at radius 2 is 1.77 bits per heavy atom. The molecule has 0 radical (unpaired) electrons. The van der Waals surface area contributed by atoms with Crippen LogP contribution in [0.2, 0.25) is 5.02 Å². The minimum atomic E-state index is -0.457. The summed E-state index contributed by atoms with van der Waals surface area (Å²) in [6.07, 6.45) is 3.67. The lowest BCUT2D eigenvalue weighted by molar-refractivity contribution is -0.135. The van der Waals surface area contributed by atoms with Crippen molar-refractivity contribution in [2.75, 3.05) is 14.2 Å². The molecule has 6 heteroatoms. The van der Waals surface area contributed by atoms with E-state index in [0.717, 1.165) is 5.56 Å². The zero-order valence-corrected chi connectivity index (χ0v) is 15.3. The van der Waals surface area contributed by atoms with Crippen LogP contribution < -0.4 is 9.47 Å². The van der Waals surface area contributed by atoms with E-state index in [1.807, 2.05) is 12.1 Å². The number of hydrogen-bond acceptors (Lipinski definition) is 5. The van der Waals surface area contributed by atoms with Gasteiger partial charge >= 0.3 is 11.9 Å². The van der Waals surface area contributed by atoms with Gasteiger partial charge in [-0.3, -0.25) is 4.79 Å². The summed E-state index contributed by atoms with van der Waals surface area (Å²) in [5, 5.41) is 0.655. The van der Waals surface area contributed by atoms with Crippen molar-refractivity contribution in [2.24, 2.45) is 0 Å². The maximum atomic E-state index is 12.1. The molecule has 2 rings (SSSR count). The Morgan fingerprint density at radius 1 is 1.04 bits per heavy atom. The van der Waals surface area contributed by atoms with Crippen molar-refractivity contribution < 1.29 is 23.8 Å². The summed E-state index contributed by atoms with van der Waals surface area (Å²) in [5.41, 5.74) is 1.72. The lowest BCUT2D eigenvalue weighted by Crippen LogP contribution is -2.09. The van der Waals surface area contributed by atoms with Crippen molar-refractivity contribution in [3.05, 3.63) is 64.7 Å². The van der Waals surface area contributed by atoms with Gasteiger partial charge in [-0.25, -0.2) is 4.79 Å². The van der Waals surface area contributed by atoms with Gasteiger partial charge in [0.2, 0.25) is 0 Å². The largest absolute Gasteiger partial charge is 0.493 e. The smallest absolute Gasteiger partial charge is 0.330 e. The third-order valence-electron chi connectivity index (χ3n) is 3.56. The van der Waals surface area contributed by atoms with E-state index in [1.54, 1.807) is 36.4 Å². The zero-order chi connectivity index (χ0) is 18.9. The molecule has 0 saturated carbocycles. The number of methoxy groups -OCH3 is 2. The summed E-state index contributed by atoms with van der Waals surface area (Å²) in [6, 6.07) is 12.3. The van der Waals surface area contributed by atoms with Gasteiger partial charge in [-0.1, -0.05) is 29.8 Å². The minimum Gasteiger partial charge on any atom is -0.493 e. The molecule has 0 aliphatic heterocycles. The second kappa shape index (κ2) is 9.63. The van der Waals surface area contributed by atoms with E-state index in [1.165, 1.54) is 20.3 Å².